The Morgan fingerprint density at radius 2 is 1.80 bits per heavy atom. The number of nitrogen functional groups attached to an aromatic ring is 1. The first-order valence-corrected chi connectivity index (χ1v) is 6.37. The lowest BCUT2D eigenvalue weighted by atomic mass is 10.1. The van der Waals surface area contributed by atoms with E-state index in [1.165, 1.54) is 0 Å². The molecule has 0 bridgehead atoms. The van der Waals surface area contributed by atoms with Crippen LogP contribution in [0.25, 0.3) is 17.1 Å². The second-order valence-electron chi connectivity index (χ2n) is 4.77. The molecule has 1 aromatic heterocycles. The molecule has 0 saturated heterocycles. The highest BCUT2D eigenvalue weighted by atomic mass is 15.5. The van der Waals surface area contributed by atoms with Crippen molar-refractivity contribution < 1.29 is 0 Å². The van der Waals surface area contributed by atoms with Gasteiger partial charge in [0.25, 0.3) is 0 Å². The molecule has 0 saturated carbocycles. The first-order valence-electron chi connectivity index (χ1n) is 6.37. The summed E-state index contributed by atoms with van der Waals surface area (Å²) in [6.45, 7) is 4.01. The summed E-state index contributed by atoms with van der Waals surface area (Å²) >= 11 is 0. The molecule has 0 amide bonds. The van der Waals surface area contributed by atoms with Gasteiger partial charge in [0.15, 0.2) is 5.82 Å². The second-order valence-corrected chi connectivity index (χ2v) is 4.77. The molecule has 3 rings (SSSR count). The van der Waals surface area contributed by atoms with Crippen LogP contribution >= 0.6 is 0 Å². The molecule has 0 fully saturated rings. The Kier molecular flexibility index (Phi) is 2.95. The zero-order chi connectivity index (χ0) is 14.1. The zero-order valence-electron chi connectivity index (χ0n) is 11.4. The number of nitrogens with zero attached hydrogens (tertiary/aromatic N) is 4. The van der Waals surface area contributed by atoms with Crippen molar-refractivity contribution in [2.24, 2.45) is 0 Å². The van der Waals surface area contributed by atoms with E-state index in [2.05, 4.69) is 15.5 Å². The van der Waals surface area contributed by atoms with Gasteiger partial charge in [-0.25, -0.2) is 0 Å². The molecule has 20 heavy (non-hydrogen) atoms. The molecule has 100 valence electrons. The van der Waals surface area contributed by atoms with Gasteiger partial charge in [-0.2, -0.15) is 4.68 Å². The van der Waals surface area contributed by atoms with E-state index in [-0.39, 0.29) is 0 Å². The van der Waals surface area contributed by atoms with Crippen LogP contribution in [0.3, 0.4) is 0 Å². The Morgan fingerprint density at radius 3 is 2.55 bits per heavy atom. The molecule has 0 radical (unpaired) electrons. The van der Waals surface area contributed by atoms with Crippen molar-refractivity contribution in [3.05, 3.63) is 53.6 Å². The molecule has 0 atom stereocenters. The lowest BCUT2D eigenvalue weighted by Gasteiger charge is -2.08. The number of hydrogen-bond donors (Lipinski definition) is 1. The lowest BCUT2D eigenvalue weighted by molar-refractivity contribution is 0.787. The van der Waals surface area contributed by atoms with Crippen LogP contribution in [0.5, 0.6) is 0 Å². The molecule has 0 aliphatic heterocycles. The predicted molar refractivity (Wildman–Crippen MR) is 78.5 cm³/mol. The Balaban J connectivity index is 2.15. The molecule has 0 aliphatic carbocycles. The average Bonchev–Trinajstić information content (AvgIpc) is 2.91. The first kappa shape index (κ1) is 12.3. The van der Waals surface area contributed by atoms with Gasteiger partial charge in [0, 0.05) is 11.3 Å². The van der Waals surface area contributed by atoms with Gasteiger partial charge in [0.2, 0.25) is 0 Å². The Morgan fingerprint density at radius 1 is 1.00 bits per heavy atom. The van der Waals surface area contributed by atoms with Gasteiger partial charge < -0.3 is 5.73 Å². The molecule has 0 unspecified atom stereocenters. The Bertz CT molecular complexity index is 760. The van der Waals surface area contributed by atoms with Gasteiger partial charge in [0.05, 0.1) is 5.69 Å². The normalized spacial score (nSPS) is 10.7. The van der Waals surface area contributed by atoms with Crippen molar-refractivity contribution in [2.75, 3.05) is 5.73 Å². The van der Waals surface area contributed by atoms with Gasteiger partial charge in [-0.05, 0) is 47.5 Å². The van der Waals surface area contributed by atoms with Crippen LogP contribution in [0.15, 0.2) is 42.5 Å². The smallest absolute Gasteiger partial charge is 0.187 e. The number of benzene rings is 2. The van der Waals surface area contributed by atoms with E-state index in [1.54, 1.807) is 4.68 Å². The molecule has 5 nitrogen and oxygen atoms in total. The Hall–Kier alpha value is -2.69. The third-order valence-corrected chi connectivity index (χ3v) is 3.35. The van der Waals surface area contributed by atoms with Crippen LogP contribution in [0, 0.1) is 13.8 Å². The number of tetrazole rings is 1. The average molecular weight is 265 g/mol. The van der Waals surface area contributed by atoms with Crippen molar-refractivity contribution in [3.8, 4) is 17.1 Å². The van der Waals surface area contributed by atoms with E-state index in [4.69, 9.17) is 5.73 Å². The quantitative estimate of drug-likeness (QED) is 0.723. The third-order valence-electron chi connectivity index (χ3n) is 3.35. The van der Waals surface area contributed by atoms with Crippen LogP contribution < -0.4 is 5.73 Å². The molecule has 2 N–H and O–H groups in total. The number of rotatable bonds is 2. The van der Waals surface area contributed by atoms with E-state index in [0.29, 0.717) is 5.82 Å². The zero-order valence-corrected chi connectivity index (χ0v) is 11.4. The topological polar surface area (TPSA) is 69.6 Å². The minimum absolute atomic E-state index is 0.686. The number of para-hydroxylation sites is 1. The van der Waals surface area contributed by atoms with Crippen LogP contribution in [0.1, 0.15) is 11.1 Å². The highest BCUT2D eigenvalue weighted by Crippen LogP contribution is 2.24. The van der Waals surface area contributed by atoms with Gasteiger partial charge in [-0.3, -0.25) is 0 Å². The standard InChI is InChI=1S/C15H15N5/c1-10-7-8-12(9-13(10)16)15-17-18-19-20(15)14-6-4-3-5-11(14)2/h3-9H,16H2,1-2H3. The maximum absolute atomic E-state index is 5.97. The number of hydrogen-bond acceptors (Lipinski definition) is 4. The first-order chi connectivity index (χ1) is 9.66. The highest BCUT2D eigenvalue weighted by molar-refractivity contribution is 5.65. The SMILES string of the molecule is Cc1ccc(-c2nnnn2-c2ccccc2C)cc1N. The molecule has 0 aliphatic rings. The summed E-state index contributed by atoms with van der Waals surface area (Å²) in [6, 6.07) is 13.8. The van der Waals surface area contributed by atoms with Crippen molar-refractivity contribution in [2.45, 2.75) is 13.8 Å². The van der Waals surface area contributed by atoms with Crippen molar-refractivity contribution in [3.63, 3.8) is 0 Å². The minimum Gasteiger partial charge on any atom is -0.398 e. The fraction of sp³-hybridized carbons (Fsp3) is 0.133. The van der Waals surface area contributed by atoms with E-state index >= 15 is 0 Å². The molecule has 0 spiro atoms. The number of anilines is 1. The lowest BCUT2D eigenvalue weighted by Crippen LogP contribution is -2.02. The summed E-state index contributed by atoms with van der Waals surface area (Å²) in [5.41, 5.74) is 10.7. The third kappa shape index (κ3) is 2.03. The largest absolute Gasteiger partial charge is 0.398 e. The number of nitrogens with two attached hydrogens (primary N) is 1. The summed E-state index contributed by atoms with van der Waals surface area (Å²) in [7, 11) is 0. The fourth-order valence-electron chi connectivity index (χ4n) is 2.11. The minimum atomic E-state index is 0.686. The molecule has 3 aromatic rings. The number of aromatic nitrogens is 4. The molecule has 2 aromatic carbocycles. The van der Waals surface area contributed by atoms with E-state index < -0.39 is 0 Å². The van der Waals surface area contributed by atoms with E-state index in [9.17, 15) is 0 Å². The van der Waals surface area contributed by atoms with Gasteiger partial charge >= 0.3 is 0 Å². The summed E-state index contributed by atoms with van der Waals surface area (Å²) < 4.78 is 1.74. The van der Waals surface area contributed by atoms with Crippen molar-refractivity contribution >= 4 is 5.69 Å². The van der Waals surface area contributed by atoms with Gasteiger partial charge in [-0.15, -0.1) is 5.10 Å². The van der Waals surface area contributed by atoms with Gasteiger partial charge in [-0.1, -0.05) is 30.3 Å². The summed E-state index contributed by atoms with van der Waals surface area (Å²) in [6.07, 6.45) is 0. The summed E-state index contributed by atoms with van der Waals surface area (Å²) in [5.74, 6) is 0.686. The Labute approximate surface area is 117 Å². The van der Waals surface area contributed by atoms with Crippen LogP contribution in [-0.2, 0) is 0 Å². The predicted octanol–water partition coefficient (Wildman–Crippen LogP) is 2.53. The van der Waals surface area contributed by atoms with Crippen LogP contribution in [0.2, 0.25) is 0 Å². The maximum Gasteiger partial charge on any atom is 0.187 e. The molecule has 5 heteroatoms. The van der Waals surface area contributed by atoms with Crippen LogP contribution in [-0.4, -0.2) is 20.2 Å². The summed E-state index contributed by atoms with van der Waals surface area (Å²) in [5, 5.41) is 12.0. The molecular formula is C15H15N5. The van der Waals surface area contributed by atoms with Crippen molar-refractivity contribution in [1.29, 1.82) is 0 Å². The van der Waals surface area contributed by atoms with E-state index in [0.717, 1.165) is 28.1 Å². The molecule has 1 heterocycles. The monoisotopic (exact) mass is 265 g/mol. The maximum atomic E-state index is 5.97. The highest BCUT2D eigenvalue weighted by Gasteiger charge is 2.12. The van der Waals surface area contributed by atoms with Crippen LogP contribution in [0.4, 0.5) is 5.69 Å². The summed E-state index contributed by atoms with van der Waals surface area (Å²) in [4.78, 5) is 0. The fourth-order valence-corrected chi connectivity index (χ4v) is 2.11. The van der Waals surface area contributed by atoms with E-state index in [1.807, 2.05) is 56.3 Å². The molecular weight excluding hydrogens is 250 g/mol. The van der Waals surface area contributed by atoms with Crippen molar-refractivity contribution in [1.82, 2.24) is 20.2 Å². The number of aryl methyl sites for hydroxylation is 2. The van der Waals surface area contributed by atoms with Gasteiger partial charge in [0.1, 0.15) is 0 Å². The second kappa shape index (κ2) is 4.77.